The van der Waals surface area contributed by atoms with Crippen molar-refractivity contribution in [2.45, 2.75) is 19.9 Å². The quantitative estimate of drug-likeness (QED) is 0.751. The van der Waals surface area contributed by atoms with E-state index in [1.165, 1.54) is 0 Å². The SMILES string of the molecule is CC1=C(C(=O)Nc2cccc(C)c2)[C@H](c2ccccc2)NC(=S)N1. The second-order valence-electron chi connectivity index (χ2n) is 5.80. The molecule has 0 saturated carbocycles. The highest BCUT2D eigenvalue weighted by Gasteiger charge is 2.29. The first-order valence-electron chi connectivity index (χ1n) is 7.76. The molecule has 0 bridgehead atoms. The molecule has 122 valence electrons. The van der Waals surface area contributed by atoms with E-state index in [0.717, 1.165) is 22.5 Å². The maximum atomic E-state index is 12.9. The van der Waals surface area contributed by atoms with Gasteiger partial charge in [-0.05, 0) is 49.3 Å². The van der Waals surface area contributed by atoms with Gasteiger partial charge in [0.15, 0.2) is 5.11 Å². The number of benzene rings is 2. The minimum absolute atomic E-state index is 0.144. The van der Waals surface area contributed by atoms with Crippen LogP contribution >= 0.6 is 12.2 Å². The van der Waals surface area contributed by atoms with Crippen LogP contribution < -0.4 is 16.0 Å². The molecule has 1 atom stereocenters. The maximum absolute atomic E-state index is 12.9. The number of hydrogen-bond donors (Lipinski definition) is 3. The lowest BCUT2D eigenvalue weighted by Crippen LogP contribution is -2.45. The maximum Gasteiger partial charge on any atom is 0.255 e. The van der Waals surface area contributed by atoms with Crippen molar-refractivity contribution < 1.29 is 4.79 Å². The average Bonchev–Trinajstić information content (AvgIpc) is 2.54. The number of carbonyl (C=O) groups excluding carboxylic acids is 1. The summed E-state index contributed by atoms with van der Waals surface area (Å²) < 4.78 is 0. The van der Waals surface area contributed by atoms with Crippen molar-refractivity contribution in [1.29, 1.82) is 0 Å². The zero-order valence-corrected chi connectivity index (χ0v) is 14.4. The number of thiocarbonyl (C=S) groups is 1. The first kappa shape index (κ1) is 16.2. The van der Waals surface area contributed by atoms with Gasteiger partial charge in [-0.25, -0.2) is 0 Å². The summed E-state index contributed by atoms with van der Waals surface area (Å²) in [4.78, 5) is 12.9. The Morgan fingerprint density at radius 1 is 1.08 bits per heavy atom. The Kier molecular flexibility index (Phi) is 4.62. The average molecular weight is 337 g/mol. The van der Waals surface area contributed by atoms with Crippen LogP contribution in [-0.2, 0) is 4.79 Å². The first-order valence-corrected chi connectivity index (χ1v) is 8.16. The molecule has 24 heavy (non-hydrogen) atoms. The monoisotopic (exact) mass is 337 g/mol. The summed E-state index contributed by atoms with van der Waals surface area (Å²) in [5.41, 5.74) is 4.27. The molecule has 0 spiro atoms. The van der Waals surface area contributed by atoms with Gasteiger partial charge < -0.3 is 16.0 Å². The molecule has 1 amide bonds. The number of carbonyl (C=O) groups is 1. The van der Waals surface area contributed by atoms with Crippen molar-refractivity contribution in [1.82, 2.24) is 10.6 Å². The van der Waals surface area contributed by atoms with E-state index in [1.54, 1.807) is 0 Å². The van der Waals surface area contributed by atoms with E-state index in [0.29, 0.717) is 10.7 Å². The first-order chi connectivity index (χ1) is 11.5. The molecule has 3 N–H and O–H groups in total. The number of rotatable bonds is 3. The highest BCUT2D eigenvalue weighted by molar-refractivity contribution is 7.80. The summed E-state index contributed by atoms with van der Waals surface area (Å²) in [5, 5.41) is 9.74. The minimum atomic E-state index is -0.273. The van der Waals surface area contributed by atoms with E-state index >= 15 is 0 Å². The third-order valence-corrected chi connectivity index (χ3v) is 4.14. The summed E-state index contributed by atoms with van der Waals surface area (Å²) in [5.74, 6) is -0.144. The summed E-state index contributed by atoms with van der Waals surface area (Å²) >= 11 is 5.26. The van der Waals surface area contributed by atoms with Gasteiger partial charge >= 0.3 is 0 Å². The van der Waals surface area contributed by atoms with Gasteiger partial charge in [-0.2, -0.15) is 0 Å². The molecule has 4 nitrogen and oxygen atoms in total. The van der Waals surface area contributed by atoms with Gasteiger partial charge in [0.25, 0.3) is 5.91 Å². The zero-order chi connectivity index (χ0) is 17.1. The molecule has 3 rings (SSSR count). The van der Waals surface area contributed by atoms with E-state index in [4.69, 9.17) is 12.2 Å². The van der Waals surface area contributed by atoms with Crippen LogP contribution in [0.3, 0.4) is 0 Å². The van der Waals surface area contributed by atoms with E-state index < -0.39 is 0 Å². The van der Waals surface area contributed by atoms with Crippen LogP contribution in [0.1, 0.15) is 24.1 Å². The number of nitrogens with one attached hydrogen (secondary N) is 3. The minimum Gasteiger partial charge on any atom is -0.351 e. The topological polar surface area (TPSA) is 53.2 Å². The van der Waals surface area contributed by atoms with Crippen LogP contribution in [0.15, 0.2) is 65.9 Å². The van der Waals surface area contributed by atoms with Crippen LogP contribution in [0.5, 0.6) is 0 Å². The van der Waals surface area contributed by atoms with E-state index in [2.05, 4.69) is 16.0 Å². The van der Waals surface area contributed by atoms with Crippen LogP contribution in [0.4, 0.5) is 5.69 Å². The molecule has 0 saturated heterocycles. The summed E-state index contributed by atoms with van der Waals surface area (Å²) in [6.07, 6.45) is 0. The third kappa shape index (κ3) is 3.46. The van der Waals surface area contributed by atoms with Crippen molar-refractivity contribution in [3.63, 3.8) is 0 Å². The molecule has 2 aromatic rings. The van der Waals surface area contributed by atoms with E-state index in [9.17, 15) is 4.79 Å². The Morgan fingerprint density at radius 2 is 1.83 bits per heavy atom. The molecule has 0 aliphatic carbocycles. The Bertz CT molecular complexity index is 814. The third-order valence-electron chi connectivity index (χ3n) is 3.92. The zero-order valence-electron chi connectivity index (χ0n) is 13.6. The van der Waals surface area contributed by atoms with Crippen LogP contribution in [0.25, 0.3) is 0 Å². The van der Waals surface area contributed by atoms with Gasteiger partial charge in [-0.1, -0.05) is 42.5 Å². The van der Waals surface area contributed by atoms with Crippen LogP contribution in [0.2, 0.25) is 0 Å². The van der Waals surface area contributed by atoms with Gasteiger partial charge in [0, 0.05) is 11.4 Å². The molecule has 1 aliphatic rings. The number of allylic oxidation sites excluding steroid dienone is 1. The molecule has 5 heteroatoms. The largest absolute Gasteiger partial charge is 0.351 e. The molecule has 1 aliphatic heterocycles. The van der Waals surface area contributed by atoms with Crippen molar-refractivity contribution in [3.05, 3.63) is 77.0 Å². The fourth-order valence-corrected chi connectivity index (χ4v) is 3.08. The van der Waals surface area contributed by atoms with Crippen molar-refractivity contribution in [3.8, 4) is 0 Å². The predicted octanol–water partition coefficient (Wildman–Crippen LogP) is 3.43. The van der Waals surface area contributed by atoms with E-state index in [1.807, 2.05) is 68.4 Å². The highest BCUT2D eigenvalue weighted by atomic mass is 32.1. The fourth-order valence-electron chi connectivity index (χ4n) is 2.81. The molecule has 2 aromatic carbocycles. The predicted molar refractivity (Wildman–Crippen MR) is 101 cm³/mol. The van der Waals surface area contributed by atoms with Gasteiger partial charge in [0.05, 0.1) is 11.6 Å². The normalized spacial score (nSPS) is 17.1. The van der Waals surface area contributed by atoms with Crippen LogP contribution in [0, 0.1) is 6.92 Å². The molecule has 0 fully saturated rings. The Hall–Kier alpha value is -2.66. The standard InChI is InChI=1S/C19H19N3OS/c1-12-7-6-10-15(11-12)21-18(23)16-13(2)20-19(24)22-17(16)14-8-4-3-5-9-14/h3-11,17H,1-2H3,(H,21,23)(H2,20,22,24)/t17-/m0/s1. The Balaban J connectivity index is 1.94. The van der Waals surface area contributed by atoms with E-state index in [-0.39, 0.29) is 11.9 Å². The molecular weight excluding hydrogens is 318 g/mol. The number of hydrogen-bond acceptors (Lipinski definition) is 2. The number of anilines is 1. The Morgan fingerprint density at radius 3 is 2.54 bits per heavy atom. The molecule has 0 radical (unpaired) electrons. The van der Waals surface area contributed by atoms with Crippen molar-refractivity contribution in [2.75, 3.05) is 5.32 Å². The highest BCUT2D eigenvalue weighted by Crippen LogP contribution is 2.27. The lowest BCUT2D eigenvalue weighted by molar-refractivity contribution is -0.113. The molecule has 1 heterocycles. The fraction of sp³-hybridized carbons (Fsp3) is 0.158. The smallest absolute Gasteiger partial charge is 0.255 e. The van der Waals surface area contributed by atoms with Gasteiger partial charge in [0.2, 0.25) is 0 Å². The summed E-state index contributed by atoms with van der Waals surface area (Å²) in [6.45, 7) is 3.86. The summed E-state index contributed by atoms with van der Waals surface area (Å²) in [7, 11) is 0. The molecule has 0 aromatic heterocycles. The van der Waals surface area contributed by atoms with Crippen LogP contribution in [-0.4, -0.2) is 11.0 Å². The second kappa shape index (κ2) is 6.84. The second-order valence-corrected chi connectivity index (χ2v) is 6.21. The van der Waals surface area contributed by atoms with Crippen molar-refractivity contribution in [2.24, 2.45) is 0 Å². The molecular formula is C19H19N3OS. The lowest BCUT2D eigenvalue weighted by atomic mass is 9.95. The number of aryl methyl sites for hydroxylation is 1. The van der Waals surface area contributed by atoms with Crippen molar-refractivity contribution >= 4 is 28.9 Å². The van der Waals surface area contributed by atoms with Gasteiger partial charge in [0.1, 0.15) is 0 Å². The Labute approximate surface area is 147 Å². The summed E-state index contributed by atoms with van der Waals surface area (Å²) in [6, 6.07) is 17.3. The van der Waals surface area contributed by atoms with Gasteiger partial charge in [-0.15, -0.1) is 0 Å². The lowest BCUT2D eigenvalue weighted by Gasteiger charge is -2.30. The van der Waals surface area contributed by atoms with Gasteiger partial charge in [-0.3, -0.25) is 4.79 Å². The number of amides is 1. The molecule has 0 unspecified atom stereocenters.